The van der Waals surface area contributed by atoms with E-state index in [2.05, 4.69) is 10.1 Å². The maximum atomic E-state index is 14.2. The summed E-state index contributed by atoms with van der Waals surface area (Å²) < 4.78 is 90.7. The largest absolute Gasteiger partial charge is 0.488 e. The minimum Gasteiger partial charge on any atom is -0.488 e. The summed E-state index contributed by atoms with van der Waals surface area (Å²) in [5.41, 5.74) is -0.676. The molecule has 1 aliphatic heterocycles. The van der Waals surface area contributed by atoms with Crippen LogP contribution in [0, 0.1) is 29.1 Å². The number of carbonyl (C=O) groups is 2. The van der Waals surface area contributed by atoms with Gasteiger partial charge in [0.05, 0.1) is 12.6 Å². The summed E-state index contributed by atoms with van der Waals surface area (Å²) in [6.45, 7) is 11.0. The van der Waals surface area contributed by atoms with Crippen molar-refractivity contribution in [2.75, 3.05) is 13.2 Å². The molecule has 1 heterocycles. The van der Waals surface area contributed by atoms with Crippen molar-refractivity contribution in [3.63, 3.8) is 0 Å². The number of rotatable bonds is 6. The lowest BCUT2D eigenvalue weighted by atomic mass is 10.0. The van der Waals surface area contributed by atoms with Gasteiger partial charge in [0.25, 0.3) is 0 Å². The smallest absolute Gasteiger partial charge is 0.413 e. The summed E-state index contributed by atoms with van der Waals surface area (Å²) in [5.74, 6) is -12.8. The van der Waals surface area contributed by atoms with Crippen LogP contribution in [-0.4, -0.2) is 53.7 Å². The van der Waals surface area contributed by atoms with Crippen molar-refractivity contribution in [1.29, 1.82) is 0 Å². The van der Waals surface area contributed by atoms with Gasteiger partial charge in [-0.1, -0.05) is 12.1 Å². The van der Waals surface area contributed by atoms with Crippen LogP contribution < -0.4 is 14.8 Å². The number of nitrogens with zero attached hydrogens (tertiary/aromatic N) is 1. The minimum atomic E-state index is -2.40. The number of halogens is 5. The predicted octanol–water partition coefficient (Wildman–Crippen LogP) is 6.24. The highest BCUT2D eigenvalue weighted by atomic mass is 19.2. The van der Waals surface area contributed by atoms with Crippen LogP contribution in [0.15, 0.2) is 24.3 Å². The Morgan fingerprint density at radius 3 is 2.02 bits per heavy atom. The van der Waals surface area contributed by atoms with E-state index in [4.69, 9.17) is 14.2 Å². The van der Waals surface area contributed by atoms with Crippen molar-refractivity contribution in [3.05, 3.63) is 58.9 Å². The molecule has 2 aromatic rings. The first-order valence-electron chi connectivity index (χ1n) is 12.9. The molecule has 1 N–H and O–H groups in total. The second-order valence-corrected chi connectivity index (χ2v) is 11.4. The summed E-state index contributed by atoms with van der Waals surface area (Å²) in [5, 5.41) is 2.35. The van der Waals surface area contributed by atoms with E-state index >= 15 is 0 Å². The van der Waals surface area contributed by atoms with Gasteiger partial charge in [-0.25, -0.2) is 22.8 Å². The van der Waals surface area contributed by atoms with E-state index in [0.717, 1.165) is 0 Å². The maximum Gasteiger partial charge on any atom is 0.413 e. The molecular formula is C28H33F5N2O6. The van der Waals surface area contributed by atoms with Gasteiger partial charge in [0.1, 0.15) is 17.0 Å². The first kappa shape index (κ1) is 31.9. The number of carbonyl (C=O) groups excluding carboxylic acids is 2. The van der Waals surface area contributed by atoms with Gasteiger partial charge in [0.15, 0.2) is 6.23 Å². The molecule has 0 spiro atoms. The third-order valence-electron chi connectivity index (χ3n) is 5.58. The molecule has 2 atom stereocenters. The Balaban J connectivity index is 1.91. The zero-order valence-electron chi connectivity index (χ0n) is 23.6. The summed E-state index contributed by atoms with van der Waals surface area (Å²) >= 11 is 0. The lowest BCUT2D eigenvalue weighted by Crippen LogP contribution is -2.59. The van der Waals surface area contributed by atoms with E-state index in [9.17, 15) is 31.5 Å². The molecule has 13 heteroatoms. The molecule has 0 saturated carbocycles. The Morgan fingerprint density at radius 2 is 1.49 bits per heavy atom. The van der Waals surface area contributed by atoms with E-state index in [1.807, 2.05) is 20.8 Å². The molecule has 0 aromatic heterocycles. The second kappa shape index (κ2) is 12.5. The number of hydrogen-bond acceptors (Lipinski definition) is 6. The van der Waals surface area contributed by atoms with Gasteiger partial charge in [-0.2, -0.15) is 8.78 Å². The molecule has 41 heavy (non-hydrogen) atoms. The van der Waals surface area contributed by atoms with E-state index in [0.29, 0.717) is 17.7 Å². The third-order valence-corrected chi connectivity index (χ3v) is 5.58. The van der Waals surface area contributed by atoms with Crippen molar-refractivity contribution in [3.8, 4) is 11.5 Å². The van der Waals surface area contributed by atoms with Crippen LogP contribution in [0.1, 0.15) is 53.5 Å². The highest BCUT2D eigenvalue weighted by molar-refractivity contribution is 5.72. The van der Waals surface area contributed by atoms with Gasteiger partial charge in [-0.05, 0) is 72.1 Å². The van der Waals surface area contributed by atoms with E-state index in [1.54, 1.807) is 45.0 Å². The Labute approximate surface area is 234 Å². The van der Waals surface area contributed by atoms with Crippen molar-refractivity contribution in [1.82, 2.24) is 10.2 Å². The van der Waals surface area contributed by atoms with Crippen molar-refractivity contribution >= 4 is 12.2 Å². The normalized spacial score (nSPS) is 16.7. The Morgan fingerprint density at radius 1 is 0.927 bits per heavy atom. The molecule has 0 aliphatic carbocycles. The van der Waals surface area contributed by atoms with Crippen molar-refractivity contribution in [2.24, 2.45) is 0 Å². The average molecular weight is 589 g/mol. The zero-order valence-corrected chi connectivity index (χ0v) is 23.6. The molecule has 226 valence electrons. The average Bonchev–Trinajstić information content (AvgIpc) is 2.87. The van der Waals surface area contributed by atoms with Gasteiger partial charge in [-0.15, -0.1) is 0 Å². The quantitative estimate of drug-likeness (QED) is 0.244. The Kier molecular flexibility index (Phi) is 9.73. The van der Waals surface area contributed by atoms with Crippen LogP contribution in [0.3, 0.4) is 0 Å². The molecular weight excluding hydrogens is 555 g/mol. The van der Waals surface area contributed by atoms with Crippen LogP contribution in [0.5, 0.6) is 11.5 Å². The van der Waals surface area contributed by atoms with Gasteiger partial charge in [-0.3, -0.25) is 4.90 Å². The molecule has 2 amide bonds. The van der Waals surface area contributed by atoms with Gasteiger partial charge >= 0.3 is 12.2 Å². The lowest BCUT2D eigenvalue weighted by Gasteiger charge is -2.40. The molecule has 3 rings (SSSR count). The summed E-state index contributed by atoms with van der Waals surface area (Å²) in [7, 11) is 0. The molecule has 1 aliphatic rings. The molecule has 2 unspecified atom stereocenters. The monoisotopic (exact) mass is 588 g/mol. The molecule has 0 radical (unpaired) electrons. The maximum absolute atomic E-state index is 14.2. The van der Waals surface area contributed by atoms with E-state index in [-0.39, 0.29) is 19.6 Å². The lowest BCUT2D eigenvalue weighted by molar-refractivity contribution is -0.110. The topological polar surface area (TPSA) is 86.3 Å². The predicted molar refractivity (Wildman–Crippen MR) is 137 cm³/mol. The summed E-state index contributed by atoms with van der Waals surface area (Å²) in [6, 6.07) is 5.68. The number of benzene rings is 2. The first-order valence-corrected chi connectivity index (χ1v) is 12.9. The Hall–Kier alpha value is -3.61. The number of hydrogen-bond donors (Lipinski definition) is 1. The molecule has 1 saturated heterocycles. The molecule has 1 fully saturated rings. The fraction of sp³-hybridized carbons (Fsp3) is 0.500. The van der Waals surface area contributed by atoms with Gasteiger partial charge < -0.3 is 24.3 Å². The minimum absolute atomic E-state index is 0.00592. The van der Waals surface area contributed by atoms with Crippen LogP contribution in [0.2, 0.25) is 0 Å². The van der Waals surface area contributed by atoms with Crippen molar-refractivity contribution in [2.45, 2.75) is 77.9 Å². The second-order valence-electron chi connectivity index (χ2n) is 11.4. The van der Waals surface area contributed by atoms with Gasteiger partial charge in [0.2, 0.25) is 34.8 Å². The van der Waals surface area contributed by atoms with Gasteiger partial charge in [0, 0.05) is 6.54 Å². The van der Waals surface area contributed by atoms with Crippen LogP contribution >= 0.6 is 0 Å². The molecule has 2 aromatic carbocycles. The van der Waals surface area contributed by atoms with Crippen LogP contribution in [0.4, 0.5) is 31.5 Å². The highest BCUT2D eigenvalue weighted by Crippen LogP contribution is 2.30. The standard InChI is InChI=1S/C28H33F5N2O6/c1-27(2,3)40-16-10-8-15(9-11-16)14-17(24-35(12-7-13-38-24)26(37)41-28(4,5)6)34-25(36)39-23-21(32)19(30)18(29)20(31)22(23)33/h8-11,17,24H,7,12-14H2,1-6H3,(H,34,36). The van der Waals surface area contributed by atoms with E-state index < -0.39 is 70.5 Å². The zero-order chi connectivity index (χ0) is 30.7. The van der Waals surface area contributed by atoms with E-state index in [1.165, 1.54) is 4.90 Å². The number of amides is 2. The van der Waals surface area contributed by atoms with Crippen molar-refractivity contribution < 1.29 is 50.5 Å². The summed E-state index contributed by atoms with van der Waals surface area (Å²) in [4.78, 5) is 27.0. The summed E-state index contributed by atoms with van der Waals surface area (Å²) in [6.07, 6.45) is -2.95. The first-order chi connectivity index (χ1) is 19.0. The third kappa shape index (κ3) is 8.44. The van der Waals surface area contributed by atoms with Crippen LogP contribution in [-0.2, 0) is 15.9 Å². The highest BCUT2D eigenvalue weighted by Gasteiger charge is 2.38. The molecule has 0 bridgehead atoms. The Bertz CT molecular complexity index is 1230. The number of nitrogens with one attached hydrogen (secondary N) is 1. The fourth-order valence-electron chi connectivity index (χ4n) is 3.98. The SMILES string of the molecule is CC(C)(C)OC(=O)N1CCCOC1C(Cc1ccc(OC(C)(C)C)cc1)NC(=O)Oc1c(F)c(F)c(F)c(F)c1F. The number of ether oxygens (including phenoxy) is 4. The fourth-order valence-corrected chi connectivity index (χ4v) is 3.98. The molecule has 8 nitrogen and oxygen atoms in total. The van der Waals surface area contributed by atoms with Crippen LogP contribution in [0.25, 0.3) is 0 Å².